The summed E-state index contributed by atoms with van der Waals surface area (Å²) in [5.74, 6) is -1.30. The van der Waals surface area contributed by atoms with Crippen LogP contribution in [0.2, 0.25) is 0 Å². The van der Waals surface area contributed by atoms with Crippen LogP contribution in [0.1, 0.15) is 48.3 Å². The summed E-state index contributed by atoms with van der Waals surface area (Å²) in [6, 6.07) is 6.38. The molecule has 25 heavy (non-hydrogen) atoms. The molecule has 1 atom stereocenters. The molecule has 1 N–H and O–H groups in total. The van der Waals surface area contributed by atoms with E-state index in [9.17, 15) is 14.7 Å². The SMILES string of the molecule is CCc1ccc2c(c1)c(C)c(C(=O)N1CCCC(C(=O)O)C1)n2CC. The van der Waals surface area contributed by atoms with Gasteiger partial charge < -0.3 is 14.6 Å². The van der Waals surface area contributed by atoms with Crippen LogP contribution in [-0.2, 0) is 17.8 Å². The molecule has 0 saturated carbocycles. The van der Waals surface area contributed by atoms with E-state index in [0.29, 0.717) is 31.7 Å². The van der Waals surface area contributed by atoms with Crippen LogP contribution in [-0.4, -0.2) is 39.5 Å². The first-order valence-corrected chi connectivity index (χ1v) is 9.11. The van der Waals surface area contributed by atoms with Gasteiger partial charge in [0.2, 0.25) is 0 Å². The second-order valence-corrected chi connectivity index (χ2v) is 6.85. The number of aryl methyl sites for hydroxylation is 3. The second-order valence-electron chi connectivity index (χ2n) is 6.85. The van der Waals surface area contributed by atoms with Crippen molar-refractivity contribution in [3.8, 4) is 0 Å². The van der Waals surface area contributed by atoms with Crippen LogP contribution in [0, 0.1) is 12.8 Å². The number of benzene rings is 1. The number of aliphatic carboxylic acids is 1. The minimum Gasteiger partial charge on any atom is -0.481 e. The van der Waals surface area contributed by atoms with Gasteiger partial charge in [-0.05, 0) is 56.4 Å². The Morgan fingerprint density at radius 1 is 1.28 bits per heavy atom. The first-order chi connectivity index (χ1) is 12.0. The standard InChI is InChI=1S/C20H26N2O3/c1-4-14-8-9-17-16(11-14)13(3)18(22(17)5-2)19(23)21-10-6-7-15(12-21)20(24)25/h8-9,11,15H,4-7,10,12H2,1-3H3,(H,24,25). The van der Waals surface area contributed by atoms with E-state index >= 15 is 0 Å². The van der Waals surface area contributed by atoms with Crippen LogP contribution >= 0.6 is 0 Å². The third kappa shape index (κ3) is 3.03. The van der Waals surface area contributed by atoms with Crippen LogP contribution in [0.4, 0.5) is 0 Å². The molecule has 0 spiro atoms. The summed E-state index contributed by atoms with van der Waals surface area (Å²) in [4.78, 5) is 26.2. The van der Waals surface area contributed by atoms with E-state index in [1.165, 1.54) is 5.56 Å². The Morgan fingerprint density at radius 3 is 2.68 bits per heavy atom. The maximum Gasteiger partial charge on any atom is 0.308 e. The molecule has 134 valence electrons. The number of hydrogen-bond acceptors (Lipinski definition) is 2. The lowest BCUT2D eigenvalue weighted by molar-refractivity contribution is -0.143. The van der Waals surface area contributed by atoms with Gasteiger partial charge in [0.15, 0.2) is 0 Å². The molecule has 3 rings (SSSR count). The molecular weight excluding hydrogens is 316 g/mol. The Labute approximate surface area is 148 Å². The van der Waals surface area contributed by atoms with E-state index in [0.717, 1.165) is 29.3 Å². The number of piperidine rings is 1. The maximum absolute atomic E-state index is 13.2. The van der Waals surface area contributed by atoms with Crippen LogP contribution in [0.5, 0.6) is 0 Å². The van der Waals surface area contributed by atoms with E-state index in [1.807, 2.05) is 13.8 Å². The zero-order valence-electron chi connectivity index (χ0n) is 15.2. The predicted octanol–water partition coefficient (Wildman–Crippen LogP) is 3.47. The Kier molecular flexibility index (Phi) is 4.84. The summed E-state index contributed by atoms with van der Waals surface area (Å²) in [6.45, 7) is 7.82. The molecule has 1 aromatic heterocycles. The quantitative estimate of drug-likeness (QED) is 0.925. The van der Waals surface area contributed by atoms with Gasteiger partial charge in [0, 0.05) is 30.5 Å². The molecule has 1 aliphatic heterocycles. The predicted molar refractivity (Wildman–Crippen MR) is 98.0 cm³/mol. The van der Waals surface area contributed by atoms with Crippen LogP contribution in [0.15, 0.2) is 18.2 Å². The lowest BCUT2D eigenvalue weighted by Gasteiger charge is -2.31. The Balaban J connectivity index is 2.03. The number of rotatable bonds is 4. The zero-order valence-corrected chi connectivity index (χ0v) is 15.2. The average molecular weight is 342 g/mol. The van der Waals surface area contributed by atoms with Gasteiger partial charge in [-0.15, -0.1) is 0 Å². The molecule has 1 aliphatic rings. The largest absolute Gasteiger partial charge is 0.481 e. The Bertz CT molecular complexity index is 822. The zero-order chi connectivity index (χ0) is 18.1. The number of hydrogen-bond donors (Lipinski definition) is 1. The van der Waals surface area contributed by atoms with Gasteiger partial charge in [-0.3, -0.25) is 9.59 Å². The van der Waals surface area contributed by atoms with E-state index in [2.05, 4.69) is 29.7 Å². The van der Waals surface area contributed by atoms with Gasteiger partial charge in [-0.1, -0.05) is 13.0 Å². The van der Waals surface area contributed by atoms with E-state index in [-0.39, 0.29) is 5.91 Å². The molecule has 0 bridgehead atoms. The molecular formula is C20H26N2O3. The third-order valence-electron chi connectivity index (χ3n) is 5.37. The summed E-state index contributed by atoms with van der Waals surface area (Å²) in [5.41, 5.74) is 4.03. The molecule has 5 heteroatoms. The topological polar surface area (TPSA) is 62.5 Å². The number of carbonyl (C=O) groups excluding carboxylic acids is 1. The first-order valence-electron chi connectivity index (χ1n) is 9.11. The molecule has 1 saturated heterocycles. The fourth-order valence-corrected chi connectivity index (χ4v) is 3.91. The van der Waals surface area contributed by atoms with Crippen molar-refractivity contribution in [1.82, 2.24) is 9.47 Å². The van der Waals surface area contributed by atoms with Crippen molar-refractivity contribution in [1.29, 1.82) is 0 Å². The van der Waals surface area contributed by atoms with Crippen LogP contribution in [0.25, 0.3) is 10.9 Å². The number of amides is 1. The number of nitrogens with zero attached hydrogens (tertiary/aromatic N) is 2. The lowest BCUT2D eigenvalue weighted by atomic mass is 9.98. The Hall–Kier alpha value is -2.30. The molecule has 0 aliphatic carbocycles. The van der Waals surface area contributed by atoms with E-state index in [4.69, 9.17) is 0 Å². The van der Waals surface area contributed by atoms with Crippen molar-refractivity contribution in [2.45, 2.75) is 46.6 Å². The monoisotopic (exact) mass is 342 g/mol. The number of carbonyl (C=O) groups is 2. The van der Waals surface area contributed by atoms with Crippen molar-refractivity contribution >= 4 is 22.8 Å². The van der Waals surface area contributed by atoms with Crippen molar-refractivity contribution in [2.24, 2.45) is 5.92 Å². The second kappa shape index (κ2) is 6.90. The molecule has 1 amide bonds. The van der Waals surface area contributed by atoms with Crippen molar-refractivity contribution < 1.29 is 14.7 Å². The van der Waals surface area contributed by atoms with Crippen molar-refractivity contribution in [3.05, 3.63) is 35.0 Å². The lowest BCUT2D eigenvalue weighted by Crippen LogP contribution is -2.43. The molecule has 2 aromatic rings. The van der Waals surface area contributed by atoms with Gasteiger partial charge in [-0.25, -0.2) is 0 Å². The number of carboxylic acids is 1. The summed E-state index contributed by atoms with van der Waals surface area (Å²) in [7, 11) is 0. The first kappa shape index (κ1) is 17.5. The molecule has 5 nitrogen and oxygen atoms in total. The van der Waals surface area contributed by atoms with Gasteiger partial charge >= 0.3 is 5.97 Å². The fourth-order valence-electron chi connectivity index (χ4n) is 3.91. The van der Waals surface area contributed by atoms with E-state index in [1.54, 1.807) is 4.90 Å². The smallest absolute Gasteiger partial charge is 0.308 e. The Morgan fingerprint density at radius 2 is 2.04 bits per heavy atom. The average Bonchev–Trinajstić information content (AvgIpc) is 2.92. The number of carboxylic acid groups (broad SMARTS) is 1. The minimum atomic E-state index is -0.808. The molecule has 0 radical (unpaired) electrons. The molecule has 1 fully saturated rings. The van der Waals surface area contributed by atoms with Crippen LogP contribution < -0.4 is 0 Å². The summed E-state index contributed by atoms with van der Waals surface area (Å²) in [5, 5.41) is 10.4. The maximum atomic E-state index is 13.2. The summed E-state index contributed by atoms with van der Waals surface area (Å²) < 4.78 is 2.07. The fraction of sp³-hybridized carbons (Fsp3) is 0.500. The molecule has 1 aromatic carbocycles. The highest BCUT2D eigenvalue weighted by atomic mass is 16.4. The minimum absolute atomic E-state index is 0.0421. The number of likely N-dealkylation sites (tertiary alicyclic amines) is 1. The van der Waals surface area contributed by atoms with Crippen molar-refractivity contribution in [3.63, 3.8) is 0 Å². The molecule has 1 unspecified atom stereocenters. The van der Waals surface area contributed by atoms with Gasteiger partial charge in [0.1, 0.15) is 5.69 Å². The van der Waals surface area contributed by atoms with Gasteiger partial charge in [0.05, 0.1) is 5.92 Å². The van der Waals surface area contributed by atoms with Crippen molar-refractivity contribution in [2.75, 3.05) is 13.1 Å². The number of fused-ring (bicyclic) bond motifs is 1. The highest BCUT2D eigenvalue weighted by Gasteiger charge is 2.31. The highest BCUT2D eigenvalue weighted by molar-refractivity contribution is 6.02. The van der Waals surface area contributed by atoms with E-state index < -0.39 is 11.9 Å². The summed E-state index contributed by atoms with van der Waals surface area (Å²) in [6.07, 6.45) is 2.35. The van der Waals surface area contributed by atoms with Gasteiger partial charge in [0.25, 0.3) is 5.91 Å². The number of aromatic nitrogens is 1. The summed E-state index contributed by atoms with van der Waals surface area (Å²) >= 11 is 0. The molecule has 2 heterocycles. The highest BCUT2D eigenvalue weighted by Crippen LogP contribution is 2.29. The third-order valence-corrected chi connectivity index (χ3v) is 5.37. The van der Waals surface area contributed by atoms with Gasteiger partial charge in [-0.2, -0.15) is 0 Å². The normalized spacial score (nSPS) is 17.9. The van der Waals surface area contributed by atoms with Crippen LogP contribution in [0.3, 0.4) is 0 Å².